The predicted octanol–water partition coefficient (Wildman–Crippen LogP) is 6.16. The van der Waals surface area contributed by atoms with Crippen LogP contribution in [0, 0.1) is 17.3 Å². The molecule has 1 aliphatic rings. The van der Waals surface area contributed by atoms with Crippen LogP contribution in [0.4, 0.5) is 9.59 Å². The van der Waals surface area contributed by atoms with Crippen LogP contribution in [0.15, 0.2) is 116 Å². The van der Waals surface area contributed by atoms with E-state index in [0.29, 0.717) is 6.42 Å². The third kappa shape index (κ3) is 11.5. The van der Waals surface area contributed by atoms with Gasteiger partial charge in [0, 0.05) is 49.5 Å². The first kappa shape index (κ1) is 45.2. The van der Waals surface area contributed by atoms with Crippen LogP contribution in [-0.2, 0) is 29.1 Å². The average Bonchev–Trinajstić information content (AvgIpc) is 3.61. The van der Waals surface area contributed by atoms with Gasteiger partial charge in [-0.1, -0.05) is 120 Å². The summed E-state index contributed by atoms with van der Waals surface area (Å²) < 4.78 is 0. The van der Waals surface area contributed by atoms with Gasteiger partial charge in [-0.05, 0) is 58.7 Å². The second-order valence-electron chi connectivity index (χ2n) is 17.2. The molecule has 6 atom stereocenters. The summed E-state index contributed by atoms with van der Waals surface area (Å²) in [5, 5.41) is 32.9. The molecule has 2 aromatic heterocycles. The summed E-state index contributed by atoms with van der Waals surface area (Å²) in [4.78, 5) is 64.7. The number of fused-ring (bicyclic) bond motifs is 1. The fraction of sp³-hybridized carbons (Fsp3) is 0.375. The molecule has 3 aromatic carbocycles. The van der Waals surface area contributed by atoms with Crippen molar-refractivity contribution in [2.45, 2.75) is 84.8 Å². The van der Waals surface area contributed by atoms with E-state index < -0.39 is 47.6 Å². The molecule has 326 valence electrons. The molecule has 1 aliphatic heterocycles. The van der Waals surface area contributed by atoms with E-state index in [9.17, 15) is 29.4 Å². The van der Waals surface area contributed by atoms with Crippen molar-refractivity contribution in [3.05, 3.63) is 132 Å². The van der Waals surface area contributed by atoms with E-state index >= 15 is 0 Å². The number of aliphatic hydroxyl groups is 1. The highest BCUT2D eigenvalue weighted by Crippen LogP contribution is 2.30. The second kappa shape index (κ2) is 20.5. The zero-order chi connectivity index (χ0) is 44.4. The number of hydrogen-bond acceptors (Lipinski definition) is 8. The van der Waals surface area contributed by atoms with Crippen molar-refractivity contribution in [2.75, 3.05) is 13.1 Å². The lowest BCUT2D eigenvalue weighted by Gasteiger charge is -2.36. The molecule has 5 amide bonds. The Morgan fingerprint density at radius 2 is 1.58 bits per heavy atom. The summed E-state index contributed by atoms with van der Waals surface area (Å²) in [6, 6.07) is 29.8. The van der Waals surface area contributed by atoms with E-state index in [2.05, 4.69) is 31.3 Å². The zero-order valence-corrected chi connectivity index (χ0v) is 36.0. The van der Waals surface area contributed by atoms with Gasteiger partial charge in [-0.25, -0.2) is 14.6 Å². The van der Waals surface area contributed by atoms with Crippen LogP contribution < -0.4 is 21.4 Å². The van der Waals surface area contributed by atoms with Crippen LogP contribution in [0.2, 0.25) is 0 Å². The van der Waals surface area contributed by atoms with Gasteiger partial charge >= 0.3 is 12.1 Å². The highest BCUT2D eigenvalue weighted by atomic mass is 16.4. The molecule has 6 rings (SSSR count). The molecule has 3 heterocycles. The van der Waals surface area contributed by atoms with E-state index in [1.807, 2.05) is 117 Å². The number of aromatic nitrogens is 2. The smallest absolute Gasteiger partial charge is 0.405 e. The molecule has 0 bridgehead atoms. The van der Waals surface area contributed by atoms with Gasteiger partial charge in [0.25, 0.3) is 5.91 Å². The highest BCUT2D eigenvalue weighted by molar-refractivity contribution is 5.86. The lowest BCUT2D eigenvalue weighted by Crippen LogP contribution is -2.59. The SMILES string of the molecule is CCC(C)C(C(=O)NC(Cc1ccccc1)C(O)CN(Cc1ccc(-c2ccccn2)cc1)NC(=O)C(NC(=O)O)C(C)(C)C)C1CNC(=O)N1Cc1ccnc2ccccc12. The maximum atomic E-state index is 14.8. The molecule has 5 aromatic rings. The molecule has 1 saturated heterocycles. The van der Waals surface area contributed by atoms with E-state index in [0.717, 1.165) is 38.9 Å². The molecular formula is C48H58N8O6. The van der Waals surface area contributed by atoms with Crippen LogP contribution in [-0.4, -0.2) is 91.3 Å². The number of nitrogens with one attached hydrogen (secondary N) is 4. The lowest BCUT2D eigenvalue weighted by atomic mass is 9.83. The van der Waals surface area contributed by atoms with Gasteiger partial charge in [0.1, 0.15) is 6.04 Å². The first-order valence-electron chi connectivity index (χ1n) is 21.2. The van der Waals surface area contributed by atoms with Gasteiger partial charge in [-0.2, -0.15) is 0 Å². The quantitative estimate of drug-likeness (QED) is 0.0562. The van der Waals surface area contributed by atoms with Crippen molar-refractivity contribution < 1.29 is 29.4 Å². The van der Waals surface area contributed by atoms with Gasteiger partial charge in [-0.3, -0.25) is 25.0 Å². The van der Waals surface area contributed by atoms with E-state index in [-0.39, 0.29) is 50.5 Å². The largest absolute Gasteiger partial charge is 0.465 e. The number of pyridine rings is 2. The first-order chi connectivity index (χ1) is 29.7. The minimum Gasteiger partial charge on any atom is -0.465 e. The van der Waals surface area contributed by atoms with Gasteiger partial charge in [-0.15, -0.1) is 0 Å². The minimum atomic E-state index is -1.34. The Labute approximate surface area is 363 Å². The van der Waals surface area contributed by atoms with Crippen LogP contribution in [0.1, 0.15) is 57.7 Å². The Kier molecular flexibility index (Phi) is 14.9. The topological polar surface area (TPSA) is 189 Å². The van der Waals surface area contributed by atoms with Crippen LogP contribution in [0.25, 0.3) is 22.2 Å². The van der Waals surface area contributed by atoms with Crippen molar-refractivity contribution in [2.24, 2.45) is 17.3 Å². The standard InChI is InChI=1S/C48H58N8O6/c1-6-31(2)42(40-27-51-46(60)56(40)29-35-23-25-50-38-18-11-10-16-36(35)38)44(58)52-39(26-32-14-8-7-9-15-32)41(57)30-55(54-45(59)43(48(3,4)5)53-47(61)62)28-33-19-21-34(22-20-33)37-17-12-13-24-49-37/h7-25,31,39-43,53,57H,6,26-30H2,1-5H3,(H,51,60)(H,52,58)(H,54,59)(H,61,62). The molecular weight excluding hydrogens is 785 g/mol. The number of carbonyl (C=O) groups excluding carboxylic acids is 3. The Bertz CT molecular complexity index is 2280. The number of para-hydroxylation sites is 1. The number of aliphatic hydroxyl groups excluding tert-OH is 1. The van der Waals surface area contributed by atoms with Crippen LogP contribution in [0.3, 0.4) is 0 Å². The molecule has 14 heteroatoms. The van der Waals surface area contributed by atoms with Crippen molar-refractivity contribution in [3.63, 3.8) is 0 Å². The fourth-order valence-electron chi connectivity index (χ4n) is 8.09. The average molecular weight is 843 g/mol. The van der Waals surface area contributed by atoms with Crippen LogP contribution >= 0.6 is 0 Å². The summed E-state index contributed by atoms with van der Waals surface area (Å²) in [6.07, 6.45) is 1.81. The summed E-state index contributed by atoms with van der Waals surface area (Å²) >= 11 is 0. The number of urea groups is 1. The van der Waals surface area contributed by atoms with Crippen molar-refractivity contribution in [1.29, 1.82) is 0 Å². The maximum Gasteiger partial charge on any atom is 0.405 e. The summed E-state index contributed by atoms with van der Waals surface area (Å²) in [7, 11) is 0. The summed E-state index contributed by atoms with van der Waals surface area (Å²) in [5.74, 6) is -1.68. The van der Waals surface area contributed by atoms with E-state index in [4.69, 9.17) is 0 Å². The molecule has 14 nitrogen and oxygen atoms in total. The molecule has 0 radical (unpaired) electrons. The minimum absolute atomic E-state index is 0.131. The molecule has 1 fully saturated rings. The maximum absolute atomic E-state index is 14.8. The third-order valence-corrected chi connectivity index (χ3v) is 11.6. The molecule has 0 spiro atoms. The number of rotatable bonds is 18. The van der Waals surface area contributed by atoms with Crippen molar-refractivity contribution in [3.8, 4) is 11.3 Å². The number of nitrogens with zero attached hydrogens (tertiary/aromatic N) is 4. The van der Waals surface area contributed by atoms with Gasteiger partial charge in [0.2, 0.25) is 5.91 Å². The number of amides is 5. The Morgan fingerprint density at radius 3 is 2.26 bits per heavy atom. The Hall–Kier alpha value is -6.38. The number of carboxylic acid groups (broad SMARTS) is 1. The van der Waals surface area contributed by atoms with Gasteiger partial charge in [0.15, 0.2) is 0 Å². The summed E-state index contributed by atoms with van der Waals surface area (Å²) in [5.41, 5.74) is 7.21. The molecule has 0 aliphatic carbocycles. The summed E-state index contributed by atoms with van der Waals surface area (Å²) in [6.45, 7) is 9.86. The zero-order valence-electron chi connectivity index (χ0n) is 36.0. The second-order valence-corrected chi connectivity index (χ2v) is 17.2. The van der Waals surface area contributed by atoms with Crippen molar-refractivity contribution >= 4 is 34.8 Å². The Balaban J connectivity index is 1.28. The molecule has 6 N–H and O–H groups in total. The normalized spacial score (nSPS) is 16.5. The Morgan fingerprint density at radius 1 is 0.871 bits per heavy atom. The van der Waals surface area contributed by atoms with Gasteiger partial charge in [0.05, 0.1) is 35.3 Å². The number of benzene rings is 3. The monoisotopic (exact) mass is 842 g/mol. The molecule has 0 saturated carbocycles. The third-order valence-electron chi connectivity index (χ3n) is 11.6. The van der Waals surface area contributed by atoms with Crippen LogP contribution in [0.5, 0.6) is 0 Å². The number of carbonyl (C=O) groups is 4. The van der Waals surface area contributed by atoms with Gasteiger partial charge < -0.3 is 31.1 Å². The first-order valence-corrected chi connectivity index (χ1v) is 21.2. The molecule has 62 heavy (non-hydrogen) atoms. The molecule has 6 unspecified atom stereocenters. The van der Waals surface area contributed by atoms with E-state index in [1.54, 1.807) is 43.1 Å². The lowest BCUT2D eigenvalue weighted by molar-refractivity contribution is -0.133. The van der Waals surface area contributed by atoms with Crippen molar-refractivity contribution in [1.82, 2.24) is 41.3 Å². The predicted molar refractivity (Wildman–Crippen MR) is 238 cm³/mol. The van der Waals surface area contributed by atoms with E-state index in [1.165, 1.54) is 0 Å². The highest BCUT2D eigenvalue weighted by Gasteiger charge is 2.43. The number of hydrogen-bond donors (Lipinski definition) is 6. The fourth-order valence-corrected chi connectivity index (χ4v) is 8.09. The number of hydrazine groups is 1.